The summed E-state index contributed by atoms with van der Waals surface area (Å²) in [7, 11) is 0. The van der Waals surface area contributed by atoms with E-state index in [1.807, 2.05) is 52.8 Å². The Labute approximate surface area is 121 Å². The van der Waals surface area contributed by atoms with E-state index in [1.165, 1.54) is 5.56 Å². The molecule has 1 atom stereocenters. The summed E-state index contributed by atoms with van der Waals surface area (Å²) in [5, 5.41) is 2.88. The number of carbonyl (C=O) groups excluding carboxylic acids is 1. The number of alkyl carbamates (subject to hydrolysis) is 1. The highest BCUT2D eigenvalue weighted by Crippen LogP contribution is 2.15. The largest absolute Gasteiger partial charge is 0.444 e. The molecule has 0 spiro atoms. The number of nitrogens with two attached hydrogens (primary N) is 1. The lowest BCUT2D eigenvalue weighted by Crippen LogP contribution is -2.54. The molecule has 0 fully saturated rings. The van der Waals surface area contributed by atoms with Gasteiger partial charge in [0.25, 0.3) is 0 Å². The number of hydrogen-bond donors (Lipinski definition) is 2. The van der Waals surface area contributed by atoms with Crippen molar-refractivity contribution in [3.8, 4) is 0 Å². The molecule has 0 aliphatic rings. The highest BCUT2D eigenvalue weighted by molar-refractivity contribution is 5.68. The Kier molecular flexibility index (Phi) is 5.17. The number of hydrogen-bond acceptors (Lipinski definition) is 3. The van der Waals surface area contributed by atoms with Crippen LogP contribution < -0.4 is 11.1 Å². The minimum atomic E-state index is -0.518. The minimum absolute atomic E-state index is 0.347. The maximum absolute atomic E-state index is 11.9. The van der Waals surface area contributed by atoms with E-state index in [-0.39, 0.29) is 0 Å². The van der Waals surface area contributed by atoms with Crippen LogP contribution in [0.5, 0.6) is 0 Å². The molecule has 20 heavy (non-hydrogen) atoms. The van der Waals surface area contributed by atoms with Gasteiger partial charge >= 0.3 is 6.09 Å². The van der Waals surface area contributed by atoms with Gasteiger partial charge in [-0.1, -0.05) is 29.8 Å². The second-order valence-electron chi connectivity index (χ2n) is 6.56. The molecule has 1 amide bonds. The number of carbonyl (C=O) groups is 1. The van der Waals surface area contributed by atoms with Gasteiger partial charge in [-0.25, -0.2) is 4.79 Å². The first kappa shape index (κ1) is 16.5. The Morgan fingerprint density at radius 2 is 1.95 bits per heavy atom. The molecular formula is C16H26N2O2. The lowest BCUT2D eigenvalue weighted by Gasteiger charge is -2.31. The van der Waals surface area contributed by atoms with Gasteiger partial charge in [-0.3, -0.25) is 0 Å². The third-order valence-electron chi connectivity index (χ3n) is 2.93. The SMILES string of the molecule is Cc1cccc(CC(C)(CN)NC(=O)OC(C)(C)C)c1. The Morgan fingerprint density at radius 1 is 1.30 bits per heavy atom. The second kappa shape index (κ2) is 6.27. The Hall–Kier alpha value is -1.55. The molecule has 0 radical (unpaired) electrons. The predicted octanol–water partition coefficient (Wildman–Crippen LogP) is 2.78. The van der Waals surface area contributed by atoms with Crippen LogP contribution in [-0.4, -0.2) is 23.8 Å². The summed E-state index contributed by atoms with van der Waals surface area (Å²) in [6, 6.07) is 8.20. The fraction of sp³-hybridized carbons (Fsp3) is 0.562. The zero-order valence-corrected chi connectivity index (χ0v) is 13.1. The maximum Gasteiger partial charge on any atom is 0.408 e. The molecule has 0 aliphatic carbocycles. The summed E-state index contributed by atoms with van der Waals surface area (Å²) in [6.07, 6.45) is 0.239. The van der Waals surface area contributed by atoms with Crippen LogP contribution in [0.3, 0.4) is 0 Å². The lowest BCUT2D eigenvalue weighted by molar-refractivity contribution is 0.0467. The maximum atomic E-state index is 11.9. The van der Waals surface area contributed by atoms with Gasteiger partial charge in [-0.15, -0.1) is 0 Å². The van der Waals surface area contributed by atoms with Crippen LogP contribution in [0.1, 0.15) is 38.8 Å². The summed E-state index contributed by atoms with van der Waals surface area (Å²) >= 11 is 0. The third-order valence-corrected chi connectivity index (χ3v) is 2.93. The van der Waals surface area contributed by atoms with Crippen molar-refractivity contribution in [3.63, 3.8) is 0 Å². The molecule has 0 heterocycles. The van der Waals surface area contributed by atoms with Gasteiger partial charge < -0.3 is 15.8 Å². The molecule has 4 heteroatoms. The zero-order valence-electron chi connectivity index (χ0n) is 13.1. The third kappa shape index (κ3) is 5.61. The van der Waals surface area contributed by atoms with Crippen molar-refractivity contribution in [2.45, 2.75) is 52.2 Å². The number of nitrogens with one attached hydrogen (secondary N) is 1. The molecule has 3 N–H and O–H groups in total. The number of amides is 1. The predicted molar refractivity (Wildman–Crippen MR) is 81.7 cm³/mol. The highest BCUT2D eigenvalue weighted by Gasteiger charge is 2.28. The van der Waals surface area contributed by atoms with E-state index in [0.29, 0.717) is 13.0 Å². The molecule has 112 valence electrons. The van der Waals surface area contributed by atoms with Gasteiger partial charge in [-0.05, 0) is 46.6 Å². The molecule has 1 unspecified atom stereocenters. The topological polar surface area (TPSA) is 64.3 Å². The molecule has 0 bridgehead atoms. The molecule has 0 aromatic heterocycles. The number of ether oxygens (including phenoxy) is 1. The molecule has 0 saturated carbocycles. The number of rotatable bonds is 4. The fourth-order valence-electron chi connectivity index (χ4n) is 1.99. The molecule has 1 rings (SSSR count). The summed E-state index contributed by atoms with van der Waals surface area (Å²) in [5.41, 5.74) is 7.15. The van der Waals surface area contributed by atoms with Crippen LogP contribution in [0.2, 0.25) is 0 Å². The smallest absolute Gasteiger partial charge is 0.408 e. The number of aryl methyl sites for hydroxylation is 1. The molecule has 1 aromatic carbocycles. The van der Waals surface area contributed by atoms with E-state index < -0.39 is 17.2 Å². The monoisotopic (exact) mass is 278 g/mol. The molecule has 1 aromatic rings. The molecule has 4 nitrogen and oxygen atoms in total. The first-order valence-electron chi connectivity index (χ1n) is 6.90. The van der Waals surface area contributed by atoms with Crippen molar-refractivity contribution in [1.29, 1.82) is 0 Å². The van der Waals surface area contributed by atoms with E-state index in [4.69, 9.17) is 10.5 Å². The summed E-state index contributed by atoms with van der Waals surface area (Å²) in [6.45, 7) is 9.84. The van der Waals surface area contributed by atoms with Crippen molar-refractivity contribution in [3.05, 3.63) is 35.4 Å². The minimum Gasteiger partial charge on any atom is -0.444 e. The normalized spacial score (nSPS) is 14.5. The number of benzene rings is 1. The summed E-state index contributed by atoms with van der Waals surface area (Å²) < 4.78 is 5.29. The van der Waals surface area contributed by atoms with Gasteiger partial charge in [0, 0.05) is 6.54 Å². The van der Waals surface area contributed by atoms with Crippen LogP contribution in [-0.2, 0) is 11.2 Å². The van der Waals surface area contributed by atoms with Gasteiger partial charge in [0.15, 0.2) is 0 Å². The van der Waals surface area contributed by atoms with Crippen molar-refractivity contribution in [1.82, 2.24) is 5.32 Å². The first-order chi connectivity index (χ1) is 9.13. The average molecular weight is 278 g/mol. The molecular weight excluding hydrogens is 252 g/mol. The zero-order chi connectivity index (χ0) is 15.4. The van der Waals surface area contributed by atoms with E-state index in [2.05, 4.69) is 11.4 Å². The lowest BCUT2D eigenvalue weighted by atomic mass is 9.92. The average Bonchev–Trinajstić information content (AvgIpc) is 2.25. The molecule has 0 aliphatic heterocycles. The van der Waals surface area contributed by atoms with E-state index in [0.717, 1.165) is 5.56 Å². The summed E-state index contributed by atoms with van der Waals surface area (Å²) in [4.78, 5) is 11.9. The van der Waals surface area contributed by atoms with Crippen LogP contribution >= 0.6 is 0 Å². The molecule has 0 saturated heterocycles. The standard InChI is InChI=1S/C16H26N2O2/c1-12-7-6-8-13(9-12)10-16(5,11-17)18-14(19)20-15(2,3)4/h6-9H,10-11,17H2,1-5H3,(H,18,19). The van der Waals surface area contributed by atoms with E-state index in [1.54, 1.807) is 0 Å². The Morgan fingerprint density at radius 3 is 2.45 bits per heavy atom. The van der Waals surface area contributed by atoms with Crippen LogP contribution in [0.4, 0.5) is 4.79 Å². The Balaban J connectivity index is 2.74. The fourth-order valence-corrected chi connectivity index (χ4v) is 1.99. The van der Waals surface area contributed by atoms with Crippen molar-refractivity contribution in [2.24, 2.45) is 5.73 Å². The van der Waals surface area contributed by atoms with Crippen LogP contribution in [0, 0.1) is 6.92 Å². The van der Waals surface area contributed by atoms with Gasteiger partial charge in [0.2, 0.25) is 0 Å². The van der Waals surface area contributed by atoms with Gasteiger partial charge in [0.1, 0.15) is 5.60 Å². The van der Waals surface area contributed by atoms with Crippen LogP contribution in [0.25, 0.3) is 0 Å². The van der Waals surface area contributed by atoms with Crippen molar-refractivity contribution >= 4 is 6.09 Å². The highest BCUT2D eigenvalue weighted by atomic mass is 16.6. The Bertz CT molecular complexity index is 466. The summed E-state index contributed by atoms with van der Waals surface area (Å²) in [5.74, 6) is 0. The van der Waals surface area contributed by atoms with Crippen molar-refractivity contribution in [2.75, 3.05) is 6.54 Å². The van der Waals surface area contributed by atoms with E-state index >= 15 is 0 Å². The van der Waals surface area contributed by atoms with Crippen LogP contribution in [0.15, 0.2) is 24.3 Å². The van der Waals surface area contributed by atoms with Gasteiger partial charge in [0.05, 0.1) is 5.54 Å². The quantitative estimate of drug-likeness (QED) is 0.890. The van der Waals surface area contributed by atoms with Gasteiger partial charge in [-0.2, -0.15) is 0 Å². The second-order valence-corrected chi connectivity index (χ2v) is 6.56. The van der Waals surface area contributed by atoms with E-state index in [9.17, 15) is 4.79 Å². The van der Waals surface area contributed by atoms with Crippen molar-refractivity contribution < 1.29 is 9.53 Å². The first-order valence-corrected chi connectivity index (χ1v) is 6.90.